The predicted octanol–water partition coefficient (Wildman–Crippen LogP) is 1.75. The van der Waals surface area contributed by atoms with E-state index in [9.17, 15) is 18.8 Å². The first-order valence-corrected chi connectivity index (χ1v) is 11.0. The molecule has 0 aromatic heterocycles. The number of guanidine groups is 1. The van der Waals surface area contributed by atoms with Crippen LogP contribution in [0.5, 0.6) is 5.75 Å². The zero-order valence-electron chi connectivity index (χ0n) is 17.3. The third-order valence-corrected chi connectivity index (χ3v) is 6.22. The molecule has 6 N–H and O–H groups in total. The lowest BCUT2D eigenvalue weighted by molar-refractivity contribution is 0.419. The third kappa shape index (κ3) is 4.19. The smallest absolute Gasteiger partial charge is 0.285 e. The number of nitrogens with two attached hydrogens (primary N) is 2. The van der Waals surface area contributed by atoms with Crippen LogP contribution in [0.3, 0.4) is 0 Å². The van der Waals surface area contributed by atoms with Crippen LogP contribution in [-0.4, -0.2) is 26.5 Å². The maximum absolute atomic E-state index is 12.2. The van der Waals surface area contributed by atoms with Gasteiger partial charge < -0.3 is 36.9 Å². The molecule has 4 rings (SSSR count). The van der Waals surface area contributed by atoms with Crippen LogP contribution in [0.1, 0.15) is 0 Å². The zero-order chi connectivity index (χ0) is 23.8. The molecule has 11 nitrogen and oxygen atoms in total. The fraction of sp³-hybridized carbons (Fsp3) is 0.0476. The molecule has 12 heteroatoms. The first-order valence-electron chi connectivity index (χ1n) is 9.53. The largest absolute Gasteiger partial charge is 0.612 e. The normalized spacial score (nSPS) is 11.3. The summed E-state index contributed by atoms with van der Waals surface area (Å²) < 4.78 is 33.1. The van der Waals surface area contributed by atoms with Gasteiger partial charge in [-0.3, -0.25) is 0 Å². The number of sulfonamides is 1. The highest BCUT2D eigenvalue weighted by atomic mass is 32.2. The number of aromatic amines is 1. The molecule has 2 aliphatic rings. The maximum atomic E-state index is 12.2. The molecule has 0 saturated carbocycles. The summed E-state index contributed by atoms with van der Waals surface area (Å²) in [6, 6.07) is 15.8. The van der Waals surface area contributed by atoms with Crippen molar-refractivity contribution in [3.63, 3.8) is 0 Å². The maximum Gasteiger partial charge on any atom is 0.285 e. The Morgan fingerprint density at radius 2 is 1.82 bits per heavy atom. The lowest BCUT2D eigenvalue weighted by Crippen LogP contribution is -2.24. The Morgan fingerprint density at radius 1 is 1.09 bits per heavy atom. The van der Waals surface area contributed by atoms with E-state index in [-0.39, 0.29) is 10.3 Å². The fourth-order valence-corrected chi connectivity index (χ4v) is 4.33. The SMILES string of the molecule is COc1cccc2c(Nc3ccc(S(=O)(=O)N=C(N)N)cc3)c3ccc(=[N+]([O-])[O-])cc-3[nH]c12. The minimum Gasteiger partial charge on any atom is -0.612 e. The number of benzene rings is 3. The van der Waals surface area contributed by atoms with Crippen molar-refractivity contribution in [3.8, 4) is 17.0 Å². The Morgan fingerprint density at radius 3 is 2.45 bits per heavy atom. The van der Waals surface area contributed by atoms with E-state index in [0.717, 1.165) is 5.39 Å². The minimum atomic E-state index is -4.02. The van der Waals surface area contributed by atoms with E-state index in [1.165, 1.54) is 31.4 Å². The van der Waals surface area contributed by atoms with Crippen LogP contribution in [0.2, 0.25) is 0 Å². The van der Waals surface area contributed by atoms with E-state index in [1.54, 1.807) is 24.3 Å². The van der Waals surface area contributed by atoms with Crippen molar-refractivity contribution in [1.29, 1.82) is 0 Å². The average molecular weight is 467 g/mol. The number of rotatable bonds is 5. The standard InChI is InChI=1S/C21H19N6O5S/c1-32-18-4-2-3-16-19(15-10-7-13(27(28)29)11-17(15)25-20(16)18)24-12-5-8-14(9-6-12)33(30,31)26-21(22)23/h2-11,24-25H,1H3,(H4-,22,23,26,28,29)/q-1. The second-order valence-corrected chi connectivity index (χ2v) is 8.61. The Kier molecular flexibility index (Phi) is 5.44. The quantitative estimate of drug-likeness (QED) is 0.148. The molecule has 0 unspecified atom stereocenters. The van der Waals surface area contributed by atoms with Crippen LogP contribution >= 0.6 is 0 Å². The molecule has 2 aromatic rings. The van der Waals surface area contributed by atoms with E-state index in [0.29, 0.717) is 33.9 Å². The summed E-state index contributed by atoms with van der Waals surface area (Å²) in [4.78, 5) is 2.67. The van der Waals surface area contributed by atoms with E-state index >= 15 is 0 Å². The second-order valence-electron chi connectivity index (χ2n) is 7.01. The highest BCUT2D eigenvalue weighted by Crippen LogP contribution is 2.39. The first-order chi connectivity index (χ1) is 15.7. The molecule has 0 radical (unpaired) electrons. The van der Waals surface area contributed by atoms with Crippen molar-refractivity contribution < 1.29 is 13.2 Å². The molecular weight excluding hydrogens is 448 g/mol. The summed E-state index contributed by atoms with van der Waals surface area (Å²) in [5, 5.41) is 26.5. The van der Waals surface area contributed by atoms with Gasteiger partial charge in [-0.25, -0.2) is 0 Å². The van der Waals surface area contributed by atoms with Gasteiger partial charge in [0.25, 0.3) is 10.0 Å². The number of hydrogen-bond donors (Lipinski definition) is 4. The van der Waals surface area contributed by atoms with Gasteiger partial charge in [0.1, 0.15) is 5.75 Å². The molecule has 1 heterocycles. The van der Waals surface area contributed by atoms with E-state index in [2.05, 4.69) is 14.7 Å². The summed E-state index contributed by atoms with van der Waals surface area (Å²) in [7, 11) is -2.48. The Balaban J connectivity index is 1.88. The Bertz CT molecular complexity index is 1520. The molecule has 0 saturated heterocycles. The Hall–Kier alpha value is -4.45. The van der Waals surface area contributed by atoms with Gasteiger partial charge in [-0.05, 0) is 36.4 Å². The molecule has 0 spiro atoms. The summed E-state index contributed by atoms with van der Waals surface area (Å²) >= 11 is 0. The number of anilines is 2. The number of pyridine rings is 1. The van der Waals surface area contributed by atoms with Gasteiger partial charge >= 0.3 is 0 Å². The van der Waals surface area contributed by atoms with Crippen LogP contribution in [0, 0.1) is 10.4 Å². The van der Waals surface area contributed by atoms with Crippen LogP contribution in [0.25, 0.3) is 22.2 Å². The van der Waals surface area contributed by atoms with E-state index < -0.39 is 20.9 Å². The minimum absolute atomic E-state index is 0.0618. The van der Waals surface area contributed by atoms with Gasteiger partial charge in [-0.1, -0.05) is 12.1 Å². The number of methoxy groups -OCH3 is 1. The van der Waals surface area contributed by atoms with Crippen molar-refractivity contribution in [1.82, 2.24) is 9.89 Å². The van der Waals surface area contributed by atoms with E-state index in [4.69, 9.17) is 16.2 Å². The highest BCUT2D eigenvalue weighted by Gasteiger charge is 2.18. The van der Waals surface area contributed by atoms with Gasteiger partial charge in [0.05, 0.1) is 28.9 Å². The highest BCUT2D eigenvalue weighted by molar-refractivity contribution is 7.90. The molecule has 0 atom stereocenters. The number of ether oxygens (including phenoxy) is 1. The van der Waals surface area contributed by atoms with Gasteiger partial charge in [0.15, 0.2) is 0 Å². The molecule has 170 valence electrons. The van der Waals surface area contributed by atoms with Gasteiger partial charge in [0.2, 0.25) is 11.3 Å². The first kappa shape index (κ1) is 21.8. The average Bonchev–Trinajstić information content (AvgIpc) is 2.77. The third-order valence-electron chi connectivity index (χ3n) is 4.91. The van der Waals surface area contributed by atoms with Crippen LogP contribution < -0.4 is 31.8 Å². The number of nitrogens with one attached hydrogen (secondary N) is 2. The number of aromatic nitrogens is 1. The number of H-pyrrole nitrogens is 1. The zero-order valence-corrected chi connectivity index (χ0v) is 18.1. The van der Waals surface area contributed by atoms with Gasteiger partial charge in [-0.15, -0.1) is 4.40 Å². The molecular formula is C21H19N6O5S-. The number of nitrogens with zero attached hydrogens (tertiary/aromatic N) is 2. The van der Waals surface area contributed by atoms with Crippen LogP contribution in [0.15, 0.2) is 70.0 Å². The van der Waals surface area contributed by atoms with Crippen molar-refractivity contribution >= 4 is 38.3 Å². The fourth-order valence-electron chi connectivity index (χ4n) is 3.47. The van der Waals surface area contributed by atoms with Crippen molar-refractivity contribution in [2.75, 3.05) is 12.4 Å². The lowest BCUT2D eigenvalue weighted by Gasteiger charge is -2.19. The number of para-hydroxylation sites is 1. The topological polar surface area (TPSA) is 185 Å². The van der Waals surface area contributed by atoms with Gasteiger partial charge in [-0.2, -0.15) is 13.3 Å². The summed E-state index contributed by atoms with van der Waals surface area (Å²) in [5.41, 5.74) is 13.5. The second kappa shape index (κ2) is 8.24. The van der Waals surface area contributed by atoms with E-state index in [1.807, 2.05) is 12.1 Å². The summed E-state index contributed by atoms with van der Waals surface area (Å²) in [6.07, 6.45) is 0. The molecule has 0 bridgehead atoms. The Labute approximate surface area is 188 Å². The molecule has 1 aliphatic heterocycles. The summed E-state index contributed by atoms with van der Waals surface area (Å²) in [5.74, 6) is 0.00125. The van der Waals surface area contributed by atoms with Crippen molar-refractivity contribution in [3.05, 3.63) is 76.4 Å². The monoisotopic (exact) mass is 467 g/mol. The van der Waals surface area contributed by atoms with Crippen molar-refractivity contribution in [2.45, 2.75) is 4.90 Å². The number of fused-ring (bicyclic) bond motifs is 2. The van der Waals surface area contributed by atoms with Crippen molar-refractivity contribution in [2.24, 2.45) is 15.9 Å². The van der Waals surface area contributed by atoms with Crippen LogP contribution in [-0.2, 0) is 10.0 Å². The predicted molar refractivity (Wildman–Crippen MR) is 126 cm³/mol. The molecule has 0 fully saturated rings. The van der Waals surface area contributed by atoms with Crippen LogP contribution in [0.4, 0.5) is 11.4 Å². The molecule has 33 heavy (non-hydrogen) atoms. The molecule has 1 aliphatic carbocycles. The summed E-state index contributed by atoms with van der Waals surface area (Å²) in [6.45, 7) is 0. The lowest BCUT2D eigenvalue weighted by atomic mass is 10.0. The molecule has 0 amide bonds. The molecule has 2 aromatic carbocycles. The van der Waals surface area contributed by atoms with Gasteiger partial charge in [0, 0.05) is 28.8 Å². The number of hydrogen-bond acceptors (Lipinski definition) is 6.